The average molecular weight is 286 g/mol. The number of carbonyl (C=O) groups excluding carboxylic acids is 1. The van der Waals surface area contributed by atoms with E-state index in [9.17, 15) is 4.79 Å². The van der Waals surface area contributed by atoms with Crippen molar-refractivity contribution >= 4 is 5.91 Å². The summed E-state index contributed by atoms with van der Waals surface area (Å²) in [5, 5.41) is 3.47. The molecule has 0 spiro atoms. The number of hydrogen-bond donors (Lipinski definition) is 1. The van der Waals surface area contributed by atoms with Gasteiger partial charge in [0.2, 0.25) is 5.91 Å². The Bertz CT molecular complexity index is 524. The molecule has 2 aliphatic heterocycles. The molecule has 0 radical (unpaired) electrons. The van der Waals surface area contributed by atoms with Crippen molar-refractivity contribution in [2.75, 3.05) is 13.1 Å². The Morgan fingerprint density at radius 1 is 1.19 bits per heavy atom. The van der Waals surface area contributed by atoms with Crippen LogP contribution < -0.4 is 5.32 Å². The predicted molar refractivity (Wildman–Crippen MR) is 85.3 cm³/mol. The molecule has 2 atom stereocenters. The summed E-state index contributed by atoms with van der Waals surface area (Å²) < 4.78 is 0. The van der Waals surface area contributed by atoms with Gasteiger partial charge in [0, 0.05) is 18.6 Å². The lowest BCUT2D eigenvalue weighted by atomic mass is 9.80. The van der Waals surface area contributed by atoms with Crippen LogP contribution in [0.3, 0.4) is 0 Å². The molecule has 2 fully saturated rings. The smallest absolute Gasteiger partial charge is 0.233 e. The molecular formula is C18H26N2O. The van der Waals surface area contributed by atoms with Gasteiger partial charge in [-0.25, -0.2) is 0 Å². The third-order valence-electron chi connectivity index (χ3n) is 5.24. The monoisotopic (exact) mass is 286 g/mol. The highest BCUT2D eigenvalue weighted by atomic mass is 16.2. The largest absolute Gasteiger partial charge is 0.335 e. The SMILES string of the molecule is Cc1ccccc1C(C)(C)C(=O)N1C2CCNCC1CC2. The third kappa shape index (κ3) is 2.48. The Hall–Kier alpha value is -1.35. The fourth-order valence-corrected chi connectivity index (χ4v) is 4.03. The summed E-state index contributed by atoms with van der Waals surface area (Å²) in [4.78, 5) is 15.5. The van der Waals surface area contributed by atoms with Gasteiger partial charge in [0.15, 0.2) is 0 Å². The minimum absolute atomic E-state index is 0.299. The molecule has 21 heavy (non-hydrogen) atoms. The van der Waals surface area contributed by atoms with Gasteiger partial charge in [-0.15, -0.1) is 0 Å². The number of rotatable bonds is 2. The van der Waals surface area contributed by atoms with Gasteiger partial charge in [-0.1, -0.05) is 24.3 Å². The fraction of sp³-hybridized carbons (Fsp3) is 0.611. The number of nitrogens with zero attached hydrogens (tertiary/aromatic N) is 1. The van der Waals surface area contributed by atoms with E-state index < -0.39 is 5.41 Å². The fourth-order valence-electron chi connectivity index (χ4n) is 4.03. The Labute approximate surface area is 127 Å². The van der Waals surface area contributed by atoms with Crippen molar-refractivity contribution < 1.29 is 4.79 Å². The van der Waals surface area contributed by atoms with E-state index in [1.54, 1.807) is 0 Å². The van der Waals surface area contributed by atoms with Crippen molar-refractivity contribution in [2.45, 2.75) is 57.5 Å². The lowest BCUT2D eigenvalue weighted by molar-refractivity contribution is -0.139. The van der Waals surface area contributed by atoms with Crippen LogP contribution in [0.4, 0.5) is 0 Å². The molecule has 1 aromatic rings. The first-order chi connectivity index (χ1) is 10.0. The highest BCUT2D eigenvalue weighted by molar-refractivity contribution is 5.88. The van der Waals surface area contributed by atoms with Crippen molar-refractivity contribution in [1.82, 2.24) is 10.2 Å². The summed E-state index contributed by atoms with van der Waals surface area (Å²) in [5.74, 6) is 0.299. The van der Waals surface area contributed by atoms with Gasteiger partial charge < -0.3 is 10.2 Å². The van der Waals surface area contributed by atoms with E-state index in [1.807, 2.05) is 12.1 Å². The molecule has 2 saturated heterocycles. The van der Waals surface area contributed by atoms with Crippen LogP contribution in [0.2, 0.25) is 0 Å². The number of amides is 1. The van der Waals surface area contributed by atoms with Crippen LogP contribution in [-0.2, 0) is 10.2 Å². The number of benzene rings is 1. The quantitative estimate of drug-likeness (QED) is 0.906. The molecule has 1 amide bonds. The number of aryl methyl sites for hydroxylation is 1. The van der Waals surface area contributed by atoms with Gasteiger partial charge >= 0.3 is 0 Å². The molecule has 3 heteroatoms. The first-order valence-corrected chi connectivity index (χ1v) is 8.11. The summed E-state index contributed by atoms with van der Waals surface area (Å²) in [5.41, 5.74) is 1.92. The van der Waals surface area contributed by atoms with Gasteiger partial charge in [-0.3, -0.25) is 4.79 Å². The van der Waals surface area contributed by atoms with Gasteiger partial charge in [0.25, 0.3) is 0 Å². The number of nitrogens with one attached hydrogen (secondary N) is 1. The molecular weight excluding hydrogens is 260 g/mol. The van der Waals surface area contributed by atoms with E-state index in [2.05, 4.69) is 43.1 Å². The van der Waals surface area contributed by atoms with Crippen molar-refractivity contribution in [1.29, 1.82) is 0 Å². The summed E-state index contributed by atoms with van der Waals surface area (Å²) >= 11 is 0. The van der Waals surface area contributed by atoms with Crippen molar-refractivity contribution in [3.8, 4) is 0 Å². The second-order valence-electron chi connectivity index (χ2n) is 7.03. The van der Waals surface area contributed by atoms with Crippen LogP contribution in [0, 0.1) is 6.92 Å². The maximum Gasteiger partial charge on any atom is 0.233 e. The number of fused-ring (bicyclic) bond motifs is 2. The van der Waals surface area contributed by atoms with Crippen molar-refractivity contribution in [3.63, 3.8) is 0 Å². The van der Waals surface area contributed by atoms with E-state index in [0.717, 1.165) is 31.5 Å². The van der Waals surface area contributed by atoms with Gasteiger partial charge in [0.1, 0.15) is 0 Å². The molecule has 2 unspecified atom stereocenters. The zero-order valence-corrected chi connectivity index (χ0v) is 13.4. The standard InChI is InChI=1S/C18H26N2O/c1-13-6-4-5-7-16(13)18(2,3)17(21)20-14-8-9-15(20)12-19-11-10-14/h4-7,14-15,19H,8-12H2,1-3H3. The maximum absolute atomic E-state index is 13.3. The molecule has 2 heterocycles. The van der Waals surface area contributed by atoms with E-state index in [1.165, 1.54) is 12.0 Å². The summed E-state index contributed by atoms with van der Waals surface area (Å²) in [6, 6.07) is 9.09. The van der Waals surface area contributed by atoms with Crippen LogP contribution in [0.25, 0.3) is 0 Å². The van der Waals surface area contributed by atoms with Gasteiger partial charge in [-0.05, 0) is 57.7 Å². The first kappa shape index (κ1) is 14.6. The van der Waals surface area contributed by atoms with Crippen LogP contribution >= 0.6 is 0 Å². The van der Waals surface area contributed by atoms with Crippen molar-refractivity contribution in [3.05, 3.63) is 35.4 Å². The van der Waals surface area contributed by atoms with Crippen LogP contribution in [0.5, 0.6) is 0 Å². The van der Waals surface area contributed by atoms with E-state index in [4.69, 9.17) is 0 Å². The zero-order valence-electron chi connectivity index (χ0n) is 13.4. The highest BCUT2D eigenvalue weighted by Crippen LogP contribution is 2.35. The van der Waals surface area contributed by atoms with Gasteiger partial charge in [0.05, 0.1) is 5.41 Å². The van der Waals surface area contributed by atoms with Crippen molar-refractivity contribution in [2.24, 2.45) is 0 Å². The van der Waals surface area contributed by atoms with Gasteiger partial charge in [-0.2, -0.15) is 0 Å². The topological polar surface area (TPSA) is 32.3 Å². The molecule has 2 bridgehead atoms. The molecule has 3 rings (SSSR count). The Morgan fingerprint density at radius 2 is 1.90 bits per heavy atom. The van der Waals surface area contributed by atoms with E-state index >= 15 is 0 Å². The van der Waals surface area contributed by atoms with E-state index in [-0.39, 0.29) is 0 Å². The summed E-state index contributed by atoms with van der Waals surface area (Å²) in [6.45, 7) is 8.25. The normalized spacial score (nSPS) is 25.8. The summed E-state index contributed by atoms with van der Waals surface area (Å²) in [6.07, 6.45) is 3.40. The Morgan fingerprint density at radius 3 is 2.67 bits per heavy atom. The second kappa shape index (κ2) is 5.45. The second-order valence-corrected chi connectivity index (χ2v) is 7.03. The minimum Gasteiger partial charge on any atom is -0.335 e. The molecule has 1 N–H and O–H groups in total. The molecule has 114 valence electrons. The molecule has 3 nitrogen and oxygen atoms in total. The van der Waals surface area contributed by atoms with Crippen LogP contribution in [0.15, 0.2) is 24.3 Å². The lowest BCUT2D eigenvalue weighted by Gasteiger charge is -2.36. The van der Waals surface area contributed by atoms with E-state index in [0.29, 0.717) is 18.0 Å². The number of hydrogen-bond acceptors (Lipinski definition) is 2. The molecule has 1 aromatic carbocycles. The number of carbonyl (C=O) groups is 1. The van der Waals surface area contributed by atoms with Crippen LogP contribution in [0.1, 0.15) is 44.2 Å². The maximum atomic E-state index is 13.3. The summed E-state index contributed by atoms with van der Waals surface area (Å²) in [7, 11) is 0. The minimum atomic E-state index is -0.448. The average Bonchev–Trinajstić information content (AvgIpc) is 2.71. The molecule has 2 aliphatic rings. The zero-order chi connectivity index (χ0) is 15.0. The Kier molecular flexibility index (Phi) is 3.78. The highest BCUT2D eigenvalue weighted by Gasteiger charge is 2.44. The third-order valence-corrected chi connectivity index (χ3v) is 5.24. The van der Waals surface area contributed by atoms with Crippen LogP contribution in [-0.4, -0.2) is 36.0 Å². The Balaban J connectivity index is 1.92. The lowest BCUT2D eigenvalue weighted by Crippen LogP contribution is -2.50. The molecule has 0 saturated carbocycles. The predicted octanol–water partition coefficient (Wildman–Crippen LogP) is 2.63. The molecule has 0 aromatic heterocycles. The molecule has 0 aliphatic carbocycles. The first-order valence-electron chi connectivity index (χ1n) is 8.11.